The van der Waals surface area contributed by atoms with E-state index in [0.717, 1.165) is 49.7 Å². The first kappa shape index (κ1) is 26.0. The van der Waals surface area contributed by atoms with Gasteiger partial charge in [-0.25, -0.2) is 4.99 Å². The van der Waals surface area contributed by atoms with Gasteiger partial charge in [0.25, 0.3) is 0 Å². The first-order valence-corrected chi connectivity index (χ1v) is 10.3. The molecule has 0 radical (unpaired) electrons. The molecule has 0 aliphatic carbocycles. The van der Waals surface area contributed by atoms with E-state index in [1.807, 2.05) is 36.4 Å². The highest BCUT2D eigenvalue weighted by molar-refractivity contribution is 14.0. The highest BCUT2D eigenvalue weighted by Crippen LogP contribution is 2.18. The second kappa shape index (κ2) is 14.9. The van der Waals surface area contributed by atoms with Crippen molar-refractivity contribution in [3.8, 4) is 11.5 Å². The molecule has 6 nitrogen and oxygen atoms in total. The average Bonchev–Trinajstić information content (AvgIpc) is 2.76. The first-order chi connectivity index (χ1) is 14.2. The number of halogens is 1. The Bertz CT molecular complexity index is 749. The monoisotopic (exact) mass is 526 g/mol. The van der Waals surface area contributed by atoms with Gasteiger partial charge in [0.05, 0.1) is 13.7 Å². The maximum atomic E-state index is 6.03. The summed E-state index contributed by atoms with van der Waals surface area (Å²) < 4.78 is 11.2. The third-order valence-electron chi connectivity index (χ3n) is 4.83. The van der Waals surface area contributed by atoms with E-state index in [1.165, 1.54) is 5.56 Å². The van der Waals surface area contributed by atoms with Crippen molar-refractivity contribution < 1.29 is 9.47 Å². The summed E-state index contributed by atoms with van der Waals surface area (Å²) in [5.41, 5.74) is 8.28. The van der Waals surface area contributed by atoms with Gasteiger partial charge < -0.3 is 25.4 Å². The smallest absolute Gasteiger partial charge is 0.188 e. The summed E-state index contributed by atoms with van der Waals surface area (Å²) in [5.74, 6) is 2.17. The molecule has 0 saturated carbocycles. The topological polar surface area (TPSA) is 72.1 Å². The van der Waals surface area contributed by atoms with Crippen molar-refractivity contribution in [2.45, 2.75) is 26.8 Å². The number of guanidine groups is 1. The third-order valence-corrected chi connectivity index (χ3v) is 4.83. The van der Waals surface area contributed by atoms with Crippen molar-refractivity contribution in [1.29, 1.82) is 0 Å². The maximum Gasteiger partial charge on any atom is 0.188 e. The standard InChI is InChI=1S/C23H34N4O2.HI/c1-4-27(5-2)16-17-29-22-9-7-6-8-20(22)18-26-23(24)25-15-14-19-10-12-21(28-3)13-11-19;/h6-13H,4-5,14-18H2,1-3H3,(H3,24,25,26);1H. The van der Waals surface area contributed by atoms with Crippen LogP contribution in [0.4, 0.5) is 0 Å². The Labute approximate surface area is 197 Å². The van der Waals surface area contributed by atoms with Gasteiger partial charge >= 0.3 is 0 Å². The molecule has 0 aromatic heterocycles. The van der Waals surface area contributed by atoms with Crippen LogP contribution in [-0.2, 0) is 13.0 Å². The molecule has 0 atom stereocenters. The number of aliphatic imine (C=N–C) groups is 1. The number of methoxy groups -OCH3 is 1. The van der Waals surface area contributed by atoms with Crippen LogP contribution in [0.1, 0.15) is 25.0 Å². The number of rotatable bonds is 12. The molecule has 0 amide bonds. The number of benzene rings is 2. The van der Waals surface area contributed by atoms with E-state index in [4.69, 9.17) is 15.2 Å². The fourth-order valence-electron chi connectivity index (χ4n) is 2.95. The number of hydrogen-bond donors (Lipinski definition) is 2. The largest absolute Gasteiger partial charge is 0.497 e. The molecule has 0 saturated heterocycles. The SMILES string of the molecule is CCN(CC)CCOc1ccccc1CN=C(N)NCCc1ccc(OC)cc1.I. The summed E-state index contributed by atoms with van der Waals surface area (Å²) in [4.78, 5) is 6.80. The Morgan fingerprint density at radius 2 is 1.77 bits per heavy atom. The van der Waals surface area contributed by atoms with Crippen molar-refractivity contribution >= 4 is 29.9 Å². The molecule has 0 aliphatic rings. The van der Waals surface area contributed by atoms with Crippen molar-refractivity contribution in [1.82, 2.24) is 10.2 Å². The average molecular weight is 526 g/mol. The minimum atomic E-state index is 0. The minimum Gasteiger partial charge on any atom is -0.497 e. The first-order valence-electron chi connectivity index (χ1n) is 10.3. The molecule has 0 spiro atoms. The summed E-state index contributed by atoms with van der Waals surface area (Å²) in [6.07, 6.45) is 0.866. The molecule has 0 aliphatic heterocycles. The van der Waals surface area contributed by atoms with Gasteiger partial charge in [0, 0.05) is 18.7 Å². The maximum absolute atomic E-state index is 6.03. The predicted octanol–water partition coefficient (Wildman–Crippen LogP) is 3.68. The number of nitrogens with one attached hydrogen (secondary N) is 1. The molecule has 166 valence electrons. The zero-order chi connectivity index (χ0) is 20.9. The Balaban J connectivity index is 0.00000450. The molecule has 3 N–H and O–H groups in total. The highest BCUT2D eigenvalue weighted by Gasteiger charge is 2.05. The Morgan fingerprint density at radius 1 is 1.07 bits per heavy atom. The van der Waals surface area contributed by atoms with E-state index in [0.29, 0.717) is 19.1 Å². The van der Waals surface area contributed by atoms with Crippen LogP contribution in [0.15, 0.2) is 53.5 Å². The van der Waals surface area contributed by atoms with E-state index < -0.39 is 0 Å². The van der Waals surface area contributed by atoms with Crippen LogP contribution in [0, 0.1) is 0 Å². The summed E-state index contributed by atoms with van der Waals surface area (Å²) in [7, 11) is 1.67. The van der Waals surface area contributed by atoms with E-state index in [1.54, 1.807) is 7.11 Å². The van der Waals surface area contributed by atoms with Crippen molar-refractivity contribution in [3.63, 3.8) is 0 Å². The third kappa shape index (κ3) is 9.21. The second-order valence-electron chi connectivity index (χ2n) is 6.71. The van der Waals surface area contributed by atoms with Gasteiger partial charge in [0.1, 0.15) is 18.1 Å². The lowest BCUT2D eigenvalue weighted by Gasteiger charge is -2.18. The number of hydrogen-bond acceptors (Lipinski definition) is 4. The number of nitrogens with zero attached hydrogens (tertiary/aromatic N) is 2. The van der Waals surface area contributed by atoms with Crippen LogP contribution in [0.2, 0.25) is 0 Å². The van der Waals surface area contributed by atoms with Crippen molar-refractivity contribution in [2.24, 2.45) is 10.7 Å². The van der Waals surface area contributed by atoms with Crippen LogP contribution in [0.3, 0.4) is 0 Å². The molecule has 0 heterocycles. The quantitative estimate of drug-likeness (QED) is 0.251. The van der Waals surface area contributed by atoms with Crippen LogP contribution in [0.25, 0.3) is 0 Å². The minimum absolute atomic E-state index is 0. The van der Waals surface area contributed by atoms with E-state index in [2.05, 4.69) is 41.2 Å². The van der Waals surface area contributed by atoms with E-state index in [-0.39, 0.29) is 24.0 Å². The fourth-order valence-corrected chi connectivity index (χ4v) is 2.95. The van der Waals surface area contributed by atoms with Crippen LogP contribution in [0.5, 0.6) is 11.5 Å². The zero-order valence-electron chi connectivity index (χ0n) is 18.3. The lowest BCUT2D eigenvalue weighted by molar-refractivity contribution is 0.221. The molecular weight excluding hydrogens is 491 g/mol. The number of likely N-dealkylation sites (N-methyl/N-ethyl adjacent to an activating group) is 1. The summed E-state index contributed by atoms with van der Waals surface area (Å²) in [6.45, 7) is 9.19. The van der Waals surface area contributed by atoms with Crippen LogP contribution < -0.4 is 20.5 Å². The van der Waals surface area contributed by atoms with Gasteiger partial charge in [-0.15, -0.1) is 24.0 Å². The predicted molar refractivity (Wildman–Crippen MR) is 135 cm³/mol. The number of nitrogens with two attached hydrogens (primary N) is 1. The summed E-state index contributed by atoms with van der Waals surface area (Å²) in [6, 6.07) is 16.0. The zero-order valence-corrected chi connectivity index (χ0v) is 20.6. The molecule has 0 bridgehead atoms. The number of para-hydroxylation sites is 1. The molecule has 7 heteroatoms. The molecule has 2 rings (SSSR count). The van der Waals surface area contributed by atoms with Gasteiger partial charge in [0.15, 0.2) is 5.96 Å². The molecule has 0 fully saturated rings. The molecule has 2 aromatic carbocycles. The molecular formula is C23H35IN4O2. The van der Waals surface area contributed by atoms with E-state index >= 15 is 0 Å². The summed E-state index contributed by atoms with van der Waals surface area (Å²) in [5, 5.41) is 3.17. The Hall–Kier alpha value is -2.00. The summed E-state index contributed by atoms with van der Waals surface area (Å²) >= 11 is 0. The van der Waals surface area contributed by atoms with Crippen LogP contribution in [-0.4, -0.2) is 50.8 Å². The lowest BCUT2D eigenvalue weighted by atomic mass is 10.1. The van der Waals surface area contributed by atoms with Crippen molar-refractivity contribution in [2.75, 3.05) is 39.9 Å². The van der Waals surface area contributed by atoms with Gasteiger partial charge in [0.2, 0.25) is 0 Å². The van der Waals surface area contributed by atoms with Gasteiger partial charge in [-0.2, -0.15) is 0 Å². The Morgan fingerprint density at radius 3 is 2.43 bits per heavy atom. The lowest BCUT2D eigenvalue weighted by Crippen LogP contribution is -2.33. The molecule has 30 heavy (non-hydrogen) atoms. The van der Waals surface area contributed by atoms with Gasteiger partial charge in [-0.3, -0.25) is 0 Å². The molecule has 2 aromatic rings. The highest BCUT2D eigenvalue weighted by atomic mass is 127. The Kier molecular flexibility index (Phi) is 12.9. The molecule has 0 unspecified atom stereocenters. The van der Waals surface area contributed by atoms with Gasteiger partial charge in [-0.1, -0.05) is 44.2 Å². The fraction of sp³-hybridized carbons (Fsp3) is 0.435. The van der Waals surface area contributed by atoms with E-state index in [9.17, 15) is 0 Å². The van der Waals surface area contributed by atoms with Crippen LogP contribution >= 0.6 is 24.0 Å². The normalized spacial score (nSPS) is 11.1. The number of ether oxygens (including phenoxy) is 2. The van der Waals surface area contributed by atoms with Crippen molar-refractivity contribution in [3.05, 3.63) is 59.7 Å². The second-order valence-corrected chi connectivity index (χ2v) is 6.71. The van der Waals surface area contributed by atoms with Gasteiger partial charge in [-0.05, 0) is 43.3 Å².